The lowest BCUT2D eigenvalue weighted by Crippen LogP contribution is -2.26. The SMILES string of the molecule is Cn1cc(C2=CCC3NN=C(c4cc(N5CCC(F)(F)C5)ncn4)C3=C2)cn1. The topological polar surface area (TPSA) is 71.2 Å². The molecule has 144 valence electrons. The van der Waals surface area contributed by atoms with Gasteiger partial charge in [-0.25, -0.2) is 18.7 Å². The van der Waals surface area contributed by atoms with Crippen LogP contribution in [0.3, 0.4) is 0 Å². The van der Waals surface area contributed by atoms with Gasteiger partial charge in [-0.3, -0.25) is 4.68 Å². The average Bonchev–Trinajstić information content (AvgIpc) is 3.39. The van der Waals surface area contributed by atoms with Gasteiger partial charge in [0.05, 0.1) is 24.5 Å². The summed E-state index contributed by atoms with van der Waals surface area (Å²) < 4.78 is 28.9. The number of allylic oxidation sites excluding steroid dienone is 2. The standard InChI is InChI=1S/C19H19F2N7/c1-27-9-13(8-24-27)12-2-3-15-14(6-12)18(26-25-15)16-7-17(23-11-22-16)28-5-4-19(20,21)10-28/h2,6-9,11,15,25H,3-5,10H2,1H3. The van der Waals surface area contributed by atoms with Gasteiger partial charge in [0.1, 0.15) is 17.9 Å². The van der Waals surface area contributed by atoms with E-state index in [-0.39, 0.29) is 25.6 Å². The van der Waals surface area contributed by atoms with Crippen LogP contribution in [0.5, 0.6) is 0 Å². The van der Waals surface area contributed by atoms with Crippen LogP contribution in [0.1, 0.15) is 24.1 Å². The molecule has 3 aliphatic rings. The highest BCUT2D eigenvalue weighted by atomic mass is 19.3. The van der Waals surface area contributed by atoms with E-state index in [2.05, 4.69) is 37.7 Å². The predicted molar refractivity (Wildman–Crippen MR) is 101 cm³/mol. The van der Waals surface area contributed by atoms with E-state index in [4.69, 9.17) is 0 Å². The Hall–Kier alpha value is -3.10. The summed E-state index contributed by atoms with van der Waals surface area (Å²) in [4.78, 5) is 10.1. The number of aryl methyl sites for hydroxylation is 1. The van der Waals surface area contributed by atoms with Crippen LogP contribution in [0.25, 0.3) is 5.57 Å². The molecule has 1 atom stereocenters. The van der Waals surface area contributed by atoms with Gasteiger partial charge in [-0.15, -0.1) is 0 Å². The Morgan fingerprint density at radius 1 is 1.29 bits per heavy atom. The zero-order valence-corrected chi connectivity index (χ0v) is 15.3. The van der Waals surface area contributed by atoms with Gasteiger partial charge in [-0.1, -0.05) is 6.08 Å². The largest absolute Gasteiger partial charge is 0.350 e. The van der Waals surface area contributed by atoms with Gasteiger partial charge >= 0.3 is 0 Å². The van der Waals surface area contributed by atoms with Crippen molar-refractivity contribution in [3.05, 3.63) is 53.8 Å². The van der Waals surface area contributed by atoms with Gasteiger partial charge < -0.3 is 10.3 Å². The Kier molecular flexibility index (Phi) is 3.78. The minimum atomic E-state index is -2.67. The molecule has 2 aromatic heterocycles. The zero-order valence-electron chi connectivity index (χ0n) is 15.3. The predicted octanol–water partition coefficient (Wildman–Crippen LogP) is 2.15. The molecular formula is C19H19F2N7. The Bertz CT molecular complexity index is 1020. The lowest BCUT2D eigenvalue weighted by atomic mass is 9.89. The molecule has 0 saturated carbocycles. The molecule has 5 rings (SSSR count). The third-order valence-electron chi connectivity index (χ3n) is 5.29. The molecule has 0 bridgehead atoms. The number of fused-ring (bicyclic) bond motifs is 1. The Balaban J connectivity index is 1.45. The van der Waals surface area contributed by atoms with Crippen molar-refractivity contribution in [3.8, 4) is 0 Å². The van der Waals surface area contributed by atoms with Crippen LogP contribution < -0.4 is 10.3 Å². The normalized spacial score (nSPS) is 23.0. The molecule has 2 aliphatic heterocycles. The summed E-state index contributed by atoms with van der Waals surface area (Å²) in [5, 5.41) is 8.70. The number of hydrogen-bond acceptors (Lipinski definition) is 6. The highest BCUT2D eigenvalue weighted by Crippen LogP contribution is 2.32. The summed E-state index contributed by atoms with van der Waals surface area (Å²) in [7, 11) is 1.89. The second kappa shape index (κ2) is 6.22. The summed E-state index contributed by atoms with van der Waals surface area (Å²) in [6.07, 6.45) is 10.1. The first-order valence-electron chi connectivity index (χ1n) is 9.18. The summed E-state index contributed by atoms with van der Waals surface area (Å²) in [5.74, 6) is -2.16. The minimum Gasteiger partial charge on any atom is -0.350 e. The van der Waals surface area contributed by atoms with E-state index in [9.17, 15) is 8.78 Å². The molecule has 4 heterocycles. The number of alkyl halides is 2. The maximum Gasteiger partial charge on any atom is 0.266 e. The van der Waals surface area contributed by atoms with Crippen molar-refractivity contribution in [2.24, 2.45) is 12.1 Å². The molecule has 0 aromatic carbocycles. The summed E-state index contributed by atoms with van der Waals surface area (Å²) in [6.45, 7) is -0.0270. The van der Waals surface area contributed by atoms with E-state index in [0.717, 1.165) is 28.8 Å². The molecule has 7 nitrogen and oxygen atoms in total. The molecule has 1 saturated heterocycles. The van der Waals surface area contributed by atoms with Crippen molar-refractivity contribution >= 4 is 17.1 Å². The first kappa shape index (κ1) is 17.0. The minimum absolute atomic E-state index is 0.0879. The molecule has 1 N–H and O–H groups in total. The number of hydrogen-bond donors (Lipinski definition) is 1. The Morgan fingerprint density at radius 2 is 2.18 bits per heavy atom. The average molecular weight is 383 g/mol. The van der Waals surface area contributed by atoms with Crippen LogP contribution in [0.15, 0.2) is 47.6 Å². The van der Waals surface area contributed by atoms with Gasteiger partial charge in [0.2, 0.25) is 0 Å². The number of nitrogens with zero attached hydrogens (tertiary/aromatic N) is 6. The highest BCUT2D eigenvalue weighted by Gasteiger charge is 2.39. The maximum absolute atomic E-state index is 13.6. The van der Waals surface area contributed by atoms with Crippen molar-refractivity contribution in [1.82, 2.24) is 25.2 Å². The van der Waals surface area contributed by atoms with Gasteiger partial charge in [-0.2, -0.15) is 10.2 Å². The van der Waals surface area contributed by atoms with E-state index in [1.807, 2.05) is 19.4 Å². The van der Waals surface area contributed by atoms with Crippen LogP contribution in [0.2, 0.25) is 0 Å². The number of hydrazone groups is 1. The molecule has 0 amide bonds. The number of rotatable bonds is 3. The molecule has 0 radical (unpaired) electrons. The third-order valence-corrected chi connectivity index (χ3v) is 5.29. The smallest absolute Gasteiger partial charge is 0.266 e. The van der Waals surface area contributed by atoms with Crippen molar-refractivity contribution in [3.63, 3.8) is 0 Å². The monoisotopic (exact) mass is 383 g/mol. The maximum atomic E-state index is 13.6. The highest BCUT2D eigenvalue weighted by molar-refractivity contribution is 6.15. The molecule has 1 fully saturated rings. The molecule has 0 spiro atoms. The van der Waals surface area contributed by atoms with E-state index >= 15 is 0 Å². The van der Waals surface area contributed by atoms with E-state index in [1.54, 1.807) is 15.6 Å². The lowest BCUT2D eigenvalue weighted by molar-refractivity contribution is 0.0256. The van der Waals surface area contributed by atoms with Gasteiger partial charge in [0.15, 0.2) is 0 Å². The summed E-state index contributed by atoms with van der Waals surface area (Å²) in [5.41, 5.74) is 7.68. The second-order valence-electron chi connectivity index (χ2n) is 7.33. The molecule has 1 aliphatic carbocycles. The molecular weight excluding hydrogens is 364 g/mol. The molecule has 28 heavy (non-hydrogen) atoms. The summed E-state index contributed by atoms with van der Waals surface area (Å²) in [6, 6.07) is 1.83. The first-order valence-corrected chi connectivity index (χ1v) is 9.18. The van der Waals surface area contributed by atoms with Crippen LogP contribution in [-0.2, 0) is 7.05 Å². The zero-order chi connectivity index (χ0) is 19.3. The Labute approximate surface area is 160 Å². The first-order chi connectivity index (χ1) is 13.5. The van der Waals surface area contributed by atoms with E-state index < -0.39 is 5.92 Å². The van der Waals surface area contributed by atoms with Crippen LogP contribution in [0, 0.1) is 0 Å². The van der Waals surface area contributed by atoms with Crippen molar-refractivity contribution in [1.29, 1.82) is 0 Å². The van der Waals surface area contributed by atoms with Gasteiger partial charge in [0.25, 0.3) is 5.92 Å². The number of anilines is 1. The van der Waals surface area contributed by atoms with Crippen molar-refractivity contribution in [2.75, 3.05) is 18.0 Å². The fourth-order valence-corrected chi connectivity index (χ4v) is 3.82. The van der Waals surface area contributed by atoms with Gasteiger partial charge in [-0.05, 0) is 18.1 Å². The fourth-order valence-electron chi connectivity index (χ4n) is 3.82. The van der Waals surface area contributed by atoms with Crippen molar-refractivity contribution in [2.45, 2.75) is 24.8 Å². The number of halogens is 2. The van der Waals surface area contributed by atoms with Crippen LogP contribution >= 0.6 is 0 Å². The third kappa shape index (κ3) is 2.96. The quantitative estimate of drug-likeness (QED) is 0.879. The number of aromatic nitrogens is 4. The fraction of sp³-hybridized carbons (Fsp3) is 0.368. The van der Waals surface area contributed by atoms with Crippen molar-refractivity contribution < 1.29 is 8.78 Å². The van der Waals surface area contributed by atoms with E-state index in [0.29, 0.717) is 11.5 Å². The van der Waals surface area contributed by atoms with Crippen LogP contribution in [-0.4, -0.2) is 50.5 Å². The van der Waals surface area contributed by atoms with E-state index in [1.165, 1.54) is 6.33 Å². The summed E-state index contributed by atoms with van der Waals surface area (Å²) >= 11 is 0. The van der Waals surface area contributed by atoms with Gasteiger partial charge in [0, 0.05) is 43.4 Å². The lowest BCUT2D eigenvalue weighted by Gasteiger charge is -2.19. The molecule has 9 heteroatoms. The second-order valence-corrected chi connectivity index (χ2v) is 7.33. The molecule has 1 unspecified atom stereocenters. The Morgan fingerprint density at radius 3 is 2.93 bits per heavy atom. The molecule has 2 aromatic rings. The number of nitrogens with one attached hydrogen (secondary N) is 1. The van der Waals surface area contributed by atoms with Crippen LogP contribution in [0.4, 0.5) is 14.6 Å².